The van der Waals surface area contributed by atoms with Gasteiger partial charge in [-0.3, -0.25) is 29.0 Å². The van der Waals surface area contributed by atoms with Gasteiger partial charge in [0, 0.05) is 24.9 Å². The molecule has 0 spiro atoms. The zero-order valence-corrected chi connectivity index (χ0v) is 19.3. The summed E-state index contributed by atoms with van der Waals surface area (Å²) in [7, 11) is 0. The summed E-state index contributed by atoms with van der Waals surface area (Å²) in [6, 6.07) is 1.13. The number of aldehydes is 1. The number of nitrogen functional groups attached to an aromatic ring is 1. The Hall–Kier alpha value is -3.47. The Balaban J connectivity index is 1.82. The van der Waals surface area contributed by atoms with Gasteiger partial charge in [-0.1, -0.05) is 11.6 Å². The van der Waals surface area contributed by atoms with E-state index in [0.717, 1.165) is 5.01 Å². The Kier molecular flexibility index (Phi) is 7.87. The van der Waals surface area contributed by atoms with Gasteiger partial charge in [0.2, 0.25) is 11.8 Å². The van der Waals surface area contributed by atoms with Crippen LogP contribution in [0.2, 0.25) is 5.02 Å². The fraction of sp³-hybridized carbons (Fsp3) is 0.455. The summed E-state index contributed by atoms with van der Waals surface area (Å²) < 4.78 is 0. The summed E-state index contributed by atoms with van der Waals surface area (Å²) in [6.07, 6.45) is 1.03. The molecule has 0 aliphatic carbocycles. The third kappa shape index (κ3) is 5.53. The molecule has 3 atom stereocenters. The van der Waals surface area contributed by atoms with Gasteiger partial charge in [-0.25, -0.2) is 5.01 Å². The second-order valence-corrected chi connectivity index (χ2v) is 8.72. The molecule has 2 aliphatic rings. The third-order valence-corrected chi connectivity index (χ3v) is 6.06. The van der Waals surface area contributed by atoms with Gasteiger partial charge in [0.05, 0.1) is 16.8 Å². The van der Waals surface area contributed by atoms with Crippen LogP contribution in [0.3, 0.4) is 0 Å². The maximum atomic E-state index is 13.4. The molecule has 1 aromatic rings. The molecule has 182 valence electrons. The van der Waals surface area contributed by atoms with Crippen molar-refractivity contribution in [3.8, 4) is 0 Å². The highest BCUT2D eigenvalue weighted by atomic mass is 35.5. The number of rotatable bonds is 7. The summed E-state index contributed by atoms with van der Waals surface area (Å²) in [4.78, 5) is 74.5. The van der Waals surface area contributed by atoms with Crippen LogP contribution < -0.4 is 16.4 Å². The van der Waals surface area contributed by atoms with E-state index < -0.39 is 35.8 Å². The number of amides is 4. The van der Waals surface area contributed by atoms with Crippen molar-refractivity contribution in [3.05, 3.63) is 28.8 Å². The molecule has 0 unspecified atom stereocenters. The second-order valence-electron chi connectivity index (χ2n) is 8.32. The van der Waals surface area contributed by atoms with E-state index in [-0.39, 0.29) is 54.5 Å². The highest BCUT2D eigenvalue weighted by molar-refractivity contribution is 6.33. The molecule has 0 bridgehead atoms. The van der Waals surface area contributed by atoms with E-state index in [4.69, 9.17) is 17.3 Å². The van der Waals surface area contributed by atoms with E-state index in [2.05, 4.69) is 10.6 Å². The van der Waals surface area contributed by atoms with Gasteiger partial charge in [0.1, 0.15) is 24.2 Å². The van der Waals surface area contributed by atoms with Crippen molar-refractivity contribution in [2.75, 3.05) is 12.3 Å². The molecular weight excluding hydrogens is 466 g/mol. The summed E-state index contributed by atoms with van der Waals surface area (Å²) in [5.41, 5.74) is 6.16. The summed E-state index contributed by atoms with van der Waals surface area (Å²) >= 11 is 5.98. The monoisotopic (exact) mass is 491 g/mol. The molecule has 1 aromatic carbocycles. The van der Waals surface area contributed by atoms with Gasteiger partial charge in [-0.2, -0.15) is 0 Å². The number of anilines is 1. The number of carbonyl (C=O) groups excluding carboxylic acids is 6. The molecule has 0 aromatic heterocycles. The Morgan fingerprint density at radius 2 is 2.00 bits per heavy atom. The smallest absolute Gasteiger partial charge is 0.264 e. The number of hydrazine groups is 1. The van der Waals surface area contributed by atoms with Gasteiger partial charge in [0.15, 0.2) is 0 Å². The third-order valence-electron chi connectivity index (χ3n) is 5.73. The van der Waals surface area contributed by atoms with Gasteiger partial charge < -0.3 is 21.2 Å². The quantitative estimate of drug-likeness (QED) is 0.363. The van der Waals surface area contributed by atoms with Crippen LogP contribution in [-0.2, 0) is 24.0 Å². The van der Waals surface area contributed by atoms with Gasteiger partial charge in [-0.05, 0) is 44.4 Å². The van der Waals surface area contributed by atoms with Crippen LogP contribution in [0.4, 0.5) is 5.69 Å². The van der Waals surface area contributed by atoms with E-state index in [1.165, 1.54) is 30.1 Å². The highest BCUT2D eigenvalue weighted by Gasteiger charge is 2.44. The molecule has 0 radical (unpaired) electrons. The lowest BCUT2D eigenvalue weighted by molar-refractivity contribution is -0.176. The summed E-state index contributed by atoms with van der Waals surface area (Å²) in [5, 5.41) is 7.58. The molecule has 2 heterocycles. The van der Waals surface area contributed by atoms with E-state index in [9.17, 15) is 28.8 Å². The minimum Gasteiger partial charge on any atom is -0.398 e. The number of hydrogen-bond acceptors (Lipinski definition) is 7. The fourth-order valence-corrected chi connectivity index (χ4v) is 4.22. The summed E-state index contributed by atoms with van der Waals surface area (Å²) in [6.45, 7) is 1.54. The molecule has 2 aliphatic heterocycles. The molecule has 34 heavy (non-hydrogen) atoms. The zero-order chi connectivity index (χ0) is 25.0. The first-order chi connectivity index (χ1) is 16.1. The van der Waals surface area contributed by atoms with Crippen molar-refractivity contribution < 1.29 is 28.8 Å². The minimum absolute atomic E-state index is 0.00861. The van der Waals surface area contributed by atoms with Gasteiger partial charge in [-0.15, -0.1) is 0 Å². The average molecular weight is 492 g/mol. The topological polar surface area (TPSA) is 159 Å². The Bertz CT molecular complexity index is 1030. The van der Waals surface area contributed by atoms with Gasteiger partial charge >= 0.3 is 0 Å². The molecule has 4 amide bonds. The normalized spacial score (nSPS) is 21.2. The number of nitrogens with two attached hydrogens (primary N) is 1. The SMILES string of the molecule is CC(=O)C[C@@H](C=O)NC(=O)[C@@H]1CCCN2C(=O)CC[C@H](NC(=O)c3ccc(N)c(Cl)c3)C(=O)N12. The number of halogens is 1. The number of carbonyl (C=O) groups is 6. The number of fused-ring (bicyclic) bond motifs is 1. The van der Waals surface area contributed by atoms with E-state index >= 15 is 0 Å². The fourth-order valence-electron chi connectivity index (χ4n) is 4.04. The first kappa shape index (κ1) is 25.2. The molecule has 12 heteroatoms. The van der Waals surface area contributed by atoms with Crippen LogP contribution in [0.1, 0.15) is 49.4 Å². The number of Topliss-reactive ketones (excluding diaryl/α,β-unsaturated/α-hetero) is 1. The number of benzene rings is 1. The Morgan fingerprint density at radius 3 is 2.65 bits per heavy atom. The minimum atomic E-state index is -1.07. The molecule has 4 N–H and O–H groups in total. The van der Waals surface area contributed by atoms with Crippen LogP contribution in [0.25, 0.3) is 0 Å². The number of nitrogens with one attached hydrogen (secondary N) is 2. The van der Waals surface area contributed by atoms with Crippen molar-refractivity contribution in [2.45, 2.75) is 57.2 Å². The maximum Gasteiger partial charge on any atom is 0.264 e. The Morgan fingerprint density at radius 1 is 1.26 bits per heavy atom. The van der Waals surface area contributed by atoms with Crippen molar-refractivity contribution in [1.29, 1.82) is 0 Å². The molecule has 11 nitrogen and oxygen atoms in total. The van der Waals surface area contributed by atoms with Crippen LogP contribution in [-0.4, -0.2) is 70.4 Å². The lowest BCUT2D eigenvalue weighted by Gasteiger charge is -2.43. The van der Waals surface area contributed by atoms with E-state index in [1.54, 1.807) is 0 Å². The lowest BCUT2D eigenvalue weighted by Crippen LogP contribution is -2.64. The predicted octanol–water partition coefficient (Wildman–Crippen LogP) is 0.212. The molecule has 2 fully saturated rings. The van der Waals surface area contributed by atoms with Crippen LogP contribution in [0.5, 0.6) is 0 Å². The zero-order valence-electron chi connectivity index (χ0n) is 18.6. The highest BCUT2D eigenvalue weighted by Crippen LogP contribution is 2.26. The van der Waals surface area contributed by atoms with Gasteiger partial charge in [0.25, 0.3) is 11.8 Å². The standard InChI is InChI=1S/C22H26ClN5O6/c1-12(30)9-14(11-29)25-21(33)18-3-2-8-27-19(31)7-6-17(22(34)28(18)27)26-20(32)13-4-5-16(24)15(23)10-13/h4-5,10-11,14,17-18H,2-3,6-9,24H2,1H3,(H,25,33)(H,26,32)/t14-,17-,18-/m0/s1. The first-order valence-electron chi connectivity index (χ1n) is 10.9. The largest absolute Gasteiger partial charge is 0.398 e. The van der Waals surface area contributed by atoms with E-state index in [1.807, 2.05) is 0 Å². The number of nitrogens with zero attached hydrogens (tertiary/aromatic N) is 2. The molecule has 3 rings (SSSR count). The molecule has 2 saturated heterocycles. The molecular formula is C22H26ClN5O6. The van der Waals surface area contributed by atoms with Crippen molar-refractivity contribution in [1.82, 2.24) is 20.7 Å². The predicted molar refractivity (Wildman–Crippen MR) is 121 cm³/mol. The number of ketones is 1. The van der Waals surface area contributed by atoms with Crippen LogP contribution >= 0.6 is 11.6 Å². The van der Waals surface area contributed by atoms with E-state index in [0.29, 0.717) is 18.4 Å². The average Bonchev–Trinajstić information content (AvgIpc) is 2.92. The lowest BCUT2D eigenvalue weighted by atomic mass is 10.0. The Labute approximate surface area is 200 Å². The molecule has 0 saturated carbocycles. The van der Waals surface area contributed by atoms with Crippen molar-refractivity contribution >= 4 is 53.0 Å². The van der Waals surface area contributed by atoms with Crippen LogP contribution in [0, 0.1) is 0 Å². The van der Waals surface area contributed by atoms with Crippen LogP contribution in [0.15, 0.2) is 18.2 Å². The summed E-state index contributed by atoms with van der Waals surface area (Å²) in [5.74, 6) is -2.49. The number of hydrogen-bond donors (Lipinski definition) is 3. The van der Waals surface area contributed by atoms with Crippen molar-refractivity contribution in [3.63, 3.8) is 0 Å². The maximum absolute atomic E-state index is 13.4. The van der Waals surface area contributed by atoms with Crippen molar-refractivity contribution in [2.24, 2.45) is 0 Å². The first-order valence-corrected chi connectivity index (χ1v) is 11.2. The second kappa shape index (κ2) is 10.6.